The number of thiophene rings is 1. The summed E-state index contributed by atoms with van der Waals surface area (Å²) in [6.07, 6.45) is 7.95. The van der Waals surface area contributed by atoms with Gasteiger partial charge in [-0.3, -0.25) is 9.59 Å². The maximum Gasteiger partial charge on any atom is 0.306 e. The van der Waals surface area contributed by atoms with E-state index >= 15 is 0 Å². The molecule has 0 bridgehead atoms. The summed E-state index contributed by atoms with van der Waals surface area (Å²) >= 11 is 1.42. The minimum Gasteiger partial charge on any atom is -0.462 e. The number of ether oxygens (including phenoxy) is 1. The first-order chi connectivity index (χ1) is 10.3. The lowest BCUT2D eigenvalue weighted by Gasteiger charge is -2.15. The van der Waals surface area contributed by atoms with Crippen LogP contribution in [-0.2, 0) is 9.53 Å². The van der Waals surface area contributed by atoms with Gasteiger partial charge in [-0.1, -0.05) is 18.9 Å². The molecule has 1 N–H and O–H groups in total. The van der Waals surface area contributed by atoms with E-state index in [2.05, 4.69) is 5.32 Å². The lowest BCUT2D eigenvalue weighted by molar-refractivity contribution is -0.149. The molecule has 0 unspecified atom stereocenters. The van der Waals surface area contributed by atoms with Gasteiger partial charge < -0.3 is 10.1 Å². The van der Waals surface area contributed by atoms with Crippen LogP contribution < -0.4 is 5.32 Å². The first-order valence-corrected chi connectivity index (χ1v) is 8.65. The minimum absolute atomic E-state index is 0.0675. The van der Waals surface area contributed by atoms with Gasteiger partial charge in [0.25, 0.3) is 5.91 Å². The molecule has 116 valence electrons. The molecule has 0 saturated heterocycles. The molecule has 1 saturated carbocycles. The molecule has 21 heavy (non-hydrogen) atoms. The zero-order valence-corrected chi connectivity index (χ0v) is 13.1. The lowest BCUT2D eigenvalue weighted by atomic mass is 10.1. The molecule has 0 aliphatic heterocycles. The topological polar surface area (TPSA) is 55.4 Å². The second-order valence-corrected chi connectivity index (χ2v) is 6.39. The van der Waals surface area contributed by atoms with Crippen LogP contribution in [0.3, 0.4) is 0 Å². The third-order valence-corrected chi connectivity index (χ3v) is 4.56. The third kappa shape index (κ3) is 5.87. The van der Waals surface area contributed by atoms with Gasteiger partial charge in [0, 0.05) is 13.0 Å². The van der Waals surface area contributed by atoms with Crippen molar-refractivity contribution in [2.24, 2.45) is 0 Å². The summed E-state index contributed by atoms with van der Waals surface area (Å²) in [5.74, 6) is -0.200. The van der Waals surface area contributed by atoms with E-state index in [-0.39, 0.29) is 18.0 Å². The Labute approximate surface area is 129 Å². The molecular weight excluding hydrogens is 286 g/mol. The fourth-order valence-electron chi connectivity index (χ4n) is 2.53. The second-order valence-electron chi connectivity index (χ2n) is 5.44. The number of carbonyl (C=O) groups excluding carboxylic acids is 2. The Morgan fingerprint density at radius 1 is 1.24 bits per heavy atom. The van der Waals surface area contributed by atoms with Crippen LogP contribution in [0.4, 0.5) is 0 Å². The fraction of sp³-hybridized carbons (Fsp3) is 0.625. The highest BCUT2D eigenvalue weighted by Crippen LogP contribution is 2.20. The van der Waals surface area contributed by atoms with Gasteiger partial charge in [0.2, 0.25) is 0 Å². The van der Waals surface area contributed by atoms with E-state index in [1.54, 1.807) is 6.07 Å². The highest BCUT2D eigenvalue weighted by Gasteiger charge is 2.16. The average molecular weight is 309 g/mol. The molecule has 1 heterocycles. The number of amides is 1. The Morgan fingerprint density at radius 2 is 2.00 bits per heavy atom. The first kappa shape index (κ1) is 16.0. The van der Waals surface area contributed by atoms with Crippen molar-refractivity contribution in [1.29, 1.82) is 0 Å². The summed E-state index contributed by atoms with van der Waals surface area (Å²) in [7, 11) is 0. The van der Waals surface area contributed by atoms with Crippen molar-refractivity contribution in [3.63, 3.8) is 0 Å². The van der Waals surface area contributed by atoms with Gasteiger partial charge >= 0.3 is 5.97 Å². The number of hydrogen-bond acceptors (Lipinski definition) is 4. The molecule has 0 radical (unpaired) electrons. The monoisotopic (exact) mass is 309 g/mol. The van der Waals surface area contributed by atoms with Crippen molar-refractivity contribution in [3.8, 4) is 0 Å². The van der Waals surface area contributed by atoms with Crippen LogP contribution >= 0.6 is 11.3 Å². The van der Waals surface area contributed by atoms with Gasteiger partial charge in [0.05, 0.1) is 4.88 Å². The zero-order valence-electron chi connectivity index (χ0n) is 12.3. The third-order valence-electron chi connectivity index (χ3n) is 3.69. The Hall–Kier alpha value is -1.36. The maximum absolute atomic E-state index is 11.8. The first-order valence-electron chi connectivity index (χ1n) is 7.77. The Bertz CT molecular complexity index is 436. The smallest absolute Gasteiger partial charge is 0.306 e. The molecule has 0 aromatic carbocycles. The molecule has 1 aromatic rings. The van der Waals surface area contributed by atoms with E-state index in [1.807, 2.05) is 11.4 Å². The van der Waals surface area contributed by atoms with Gasteiger partial charge in [-0.2, -0.15) is 0 Å². The lowest BCUT2D eigenvalue weighted by Crippen LogP contribution is -2.24. The van der Waals surface area contributed by atoms with Crippen LogP contribution in [0.2, 0.25) is 0 Å². The Morgan fingerprint density at radius 3 is 2.67 bits per heavy atom. The zero-order chi connectivity index (χ0) is 14.9. The standard InChI is InChI=1S/C16H23NO3S/c18-15(20-13-7-3-1-2-4-8-13)10-5-11-17-16(19)14-9-6-12-21-14/h6,9,12-13H,1-5,7-8,10-11H2,(H,17,19). The summed E-state index contributed by atoms with van der Waals surface area (Å²) in [5, 5.41) is 4.69. The van der Waals surface area contributed by atoms with Crippen LogP contribution in [0.25, 0.3) is 0 Å². The van der Waals surface area contributed by atoms with Crippen molar-refractivity contribution < 1.29 is 14.3 Å². The molecular formula is C16H23NO3S. The Kier molecular flexibility index (Phi) is 6.73. The van der Waals surface area contributed by atoms with Crippen molar-refractivity contribution in [2.45, 2.75) is 57.5 Å². The van der Waals surface area contributed by atoms with Crippen molar-refractivity contribution >= 4 is 23.2 Å². The van der Waals surface area contributed by atoms with Gasteiger partial charge in [-0.15, -0.1) is 11.3 Å². The maximum atomic E-state index is 11.8. The predicted molar refractivity (Wildman–Crippen MR) is 83.5 cm³/mol. The van der Waals surface area contributed by atoms with Crippen molar-refractivity contribution in [3.05, 3.63) is 22.4 Å². The van der Waals surface area contributed by atoms with E-state index in [9.17, 15) is 9.59 Å². The molecule has 2 rings (SSSR count). The van der Waals surface area contributed by atoms with Gasteiger partial charge in [0.1, 0.15) is 6.10 Å². The molecule has 1 aromatic heterocycles. The molecule has 0 spiro atoms. The molecule has 4 nitrogen and oxygen atoms in total. The van der Waals surface area contributed by atoms with Gasteiger partial charge in [0.15, 0.2) is 0 Å². The van der Waals surface area contributed by atoms with Crippen molar-refractivity contribution in [1.82, 2.24) is 5.32 Å². The quantitative estimate of drug-likeness (QED) is 0.497. The van der Waals surface area contributed by atoms with Crippen LogP contribution in [0.15, 0.2) is 17.5 Å². The summed E-state index contributed by atoms with van der Waals surface area (Å²) in [6, 6.07) is 3.64. The normalized spacial score (nSPS) is 16.2. The SMILES string of the molecule is O=C(CCCNC(=O)c1cccs1)OC1CCCCCC1. The van der Waals surface area contributed by atoms with Crippen LogP contribution in [-0.4, -0.2) is 24.5 Å². The van der Waals surface area contributed by atoms with Crippen LogP contribution in [0.1, 0.15) is 61.0 Å². The molecule has 1 amide bonds. The summed E-state index contributed by atoms with van der Waals surface area (Å²) in [6.45, 7) is 0.510. The number of rotatable bonds is 6. The van der Waals surface area contributed by atoms with Crippen molar-refractivity contribution in [2.75, 3.05) is 6.54 Å². The minimum atomic E-state index is -0.132. The summed E-state index contributed by atoms with van der Waals surface area (Å²) in [5.41, 5.74) is 0. The predicted octanol–water partition coefficient (Wildman–Crippen LogP) is 3.52. The summed E-state index contributed by atoms with van der Waals surface area (Å²) < 4.78 is 5.50. The van der Waals surface area contributed by atoms with E-state index in [0.29, 0.717) is 24.3 Å². The highest BCUT2D eigenvalue weighted by atomic mass is 32.1. The van der Waals surface area contributed by atoms with Gasteiger partial charge in [-0.05, 0) is 43.6 Å². The number of carbonyl (C=O) groups is 2. The van der Waals surface area contributed by atoms with E-state index in [4.69, 9.17) is 4.74 Å². The highest BCUT2D eigenvalue weighted by molar-refractivity contribution is 7.12. The fourth-order valence-corrected chi connectivity index (χ4v) is 3.17. The van der Waals surface area contributed by atoms with Gasteiger partial charge in [-0.25, -0.2) is 0 Å². The molecule has 5 heteroatoms. The molecule has 0 atom stereocenters. The van der Waals surface area contributed by atoms with E-state index < -0.39 is 0 Å². The number of nitrogens with one attached hydrogen (secondary N) is 1. The van der Waals surface area contributed by atoms with Crippen LogP contribution in [0, 0.1) is 0 Å². The van der Waals surface area contributed by atoms with E-state index in [1.165, 1.54) is 24.2 Å². The van der Waals surface area contributed by atoms with Crippen LogP contribution in [0.5, 0.6) is 0 Å². The second kappa shape index (κ2) is 8.82. The summed E-state index contributed by atoms with van der Waals surface area (Å²) in [4.78, 5) is 24.2. The van der Waals surface area contributed by atoms with E-state index in [0.717, 1.165) is 25.7 Å². The number of esters is 1. The molecule has 1 fully saturated rings. The molecule has 1 aliphatic carbocycles. The Balaban J connectivity index is 1.57. The largest absolute Gasteiger partial charge is 0.462 e. The molecule has 1 aliphatic rings. The average Bonchev–Trinajstić information content (AvgIpc) is 2.90. The number of hydrogen-bond donors (Lipinski definition) is 1.